The fourth-order valence-electron chi connectivity index (χ4n) is 3.13. The van der Waals surface area contributed by atoms with Gasteiger partial charge in [-0.15, -0.1) is 0 Å². The summed E-state index contributed by atoms with van der Waals surface area (Å²) in [6.07, 6.45) is 5.62. The molecule has 1 aromatic rings. The van der Waals surface area contributed by atoms with E-state index < -0.39 is 0 Å². The first-order chi connectivity index (χ1) is 10.5. The molecule has 1 aliphatic rings. The van der Waals surface area contributed by atoms with Crippen molar-refractivity contribution in [3.8, 4) is 0 Å². The Morgan fingerprint density at radius 2 is 2.05 bits per heavy atom. The molecule has 6 heteroatoms. The summed E-state index contributed by atoms with van der Waals surface area (Å²) >= 11 is 1.23. The van der Waals surface area contributed by atoms with Gasteiger partial charge in [0.05, 0.1) is 0 Å². The van der Waals surface area contributed by atoms with Crippen LogP contribution in [0.1, 0.15) is 49.1 Å². The quantitative estimate of drug-likeness (QED) is 0.813. The van der Waals surface area contributed by atoms with Crippen LogP contribution in [0.5, 0.6) is 0 Å². The lowest BCUT2D eigenvalue weighted by molar-refractivity contribution is -0.122. The van der Waals surface area contributed by atoms with Crippen LogP contribution in [0.4, 0.5) is 0 Å². The Labute approximate surface area is 135 Å². The number of amides is 1. The Morgan fingerprint density at radius 1 is 1.32 bits per heavy atom. The summed E-state index contributed by atoms with van der Waals surface area (Å²) < 4.78 is 1.68. The highest BCUT2D eigenvalue weighted by molar-refractivity contribution is 7.09. The van der Waals surface area contributed by atoms with Gasteiger partial charge >= 0.3 is 4.87 Å². The second-order valence-electron chi connectivity index (χ2n) is 6.17. The molecule has 1 aliphatic carbocycles. The molecule has 1 fully saturated rings. The summed E-state index contributed by atoms with van der Waals surface area (Å²) in [6, 6.07) is 0.0713. The van der Waals surface area contributed by atoms with Crippen molar-refractivity contribution in [2.24, 2.45) is 5.92 Å². The third-order valence-corrected chi connectivity index (χ3v) is 5.67. The van der Waals surface area contributed by atoms with Crippen molar-refractivity contribution in [1.29, 1.82) is 0 Å². The normalized spacial score (nSPS) is 22.3. The average Bonchev–Trinajstić information content (AvgIpc) is 2.67. The number of nitrogens with one attached hydrogen (secondary N) is 1. The predicted molar refractivity (Wildman–Crippen MR) is 88.3 cm³/mol. The van der Waals surface area contributed by atoms with Gasteiger partial charge in [-0.1, -0.05) is 30.6 Å². The summed E-state index contributed by atoms with van der Waals surface area (Å²) in [4.78, 5) is 25.0. The van der Waals surface area contributed by atoms with Crippen LogP contribution in [0.3, 0.4) is 0 Å². The molecule has 0 aromatic carbocycles. The van der Waals surface area contributed by atoms with E-state index in [2.05, 4.69) is 5.32 Å². The van der Waals surface area contributed by atoms with Crippen molar-refractivity contribution in [3.05, 3.63) is 20.2 Å². The number of hydrogen-bond donors (Lipinski definition) is 2. The molecule has 1 aromatic heterocycles. The van der Waals surface area contributed by atoms with Gasteiger partial charge in [0.1, 0.15) is 0 Å². The number of aryl methyl sites for hydroxylation is 1. The van der Waals surface area contributed by atoms with Crippen LogP contribution >= 0.6 is 11.3 Å². The van der Waals surface area contributed by atoms with Crippen molar-refractivity contribution in [2.75, 3.05) is 6.61 Å². The highest BCUT2D eigenvalue weighted by Crippen LogP contribution is 2.23. The van der Waals surface area contributed by atoms with E-state index in [0.717, 1.165) is 36.3 Å². The van der Waals surface area contributed by atoms with Crippen LogP contribution in [-0.4, -0.2) is 28.2 Å². The maximum atomic E-state index is 12.2. The van der Waals surface area contributed by atoms with E-state index in [0.29, 0.717) is 13.0 Å². The van der Waals surface area contributed by atoms with Gasteiger partial charge in [-0.3, -0.25) is 9.59 Å². The molecule has 2 N–H and O–H groups in total. The number of aromatic nitrogens is 1. The van der Waals surface area contributed by atoms with Crippen LogP contribution in [0.25, 0.3) is 0 Å². The third-order valence-electron chi connectivity index (χ3n) is 4.68. The molecule has 1 heterocycles. The van der Waals surface area contributed by atoms with Gasteiger partial charge in [0.15, 0.2) is 0 Å². The van der Waals surface area contributed by atoms with Gasteiger partial charge in [0, 0.05) is 42.1 Å². The lowest BCUT2D eigenvalue weighted by Crippen LogP contribution is -2.41. The second kappa shape index (κ2) is 7.92. The molecule has 0 bridgehead atoms. The summed E-state index contributed by atoms with van der Waals surface area (Å²) in [5.41, 5.74) is 0.950. The maximum Gasteiger partial charge on any atom is 0.307 e. The van der Waals surface area contributed by atoms with E-state index in [1.54, 1.807) is 4.57 Å². The molecule has 2 unspecified atom stereocenters. The zero-order valence-electron chi connectivity index (χ0n) is 13.4. The molecule has 0 aliphatic heterocycles. The van der Waals surface area contributed by atoms with Crippen molar-refractivity contribution in [3.63, 3.8) is 0 Å². The van der Waals surface area contributed by atoms with E-state index in [9.17, 15) is 14.7 Å². The van der Waals surface area contributed by atoms with Crippen LogP contribution in [0.2, 0.25) is 0 Å². The van der Waals surface area contributed by atoms with E-state index in [1.165, 1.54) is 17.8 Å². The second-order valence-corrected chi connectivity index (χ2v) is 7.33. The first-order valence-corrected chi connectivity index (χ1v) is 8.91. The molecular formula is C16H26N2O3S. The Kier molecular flexibility index (Phi) is 6.20. The molecule has 1 amide bonds. The average molecular weight is 326 g/mol. The largest absolute Gasteiger partial charge is 0.396 e. The smallest absolute Gasteiger partial charge is 0.307 e. The fraction of sp³-hybridized carbons (Fsp3) is 0.750. The number of rotatable bonds is 5. The summed E-state index contributed by atoms with van der Waals surface area (Å²) in [5.74, 6) is 0.139. The standard InChI is InChI=1S/C16H26N2O3S/c1-11-12(2)22-16(21)18(11)9-8-15(20)17-14-7-5-3-4-6-13(14)10-19/h13-14,19H,3-10H2,1-2H3,(H,17,20). The maximum absolute atomic E-state index is 12.2. The van der Waals surface area contributed by atoms with Crippen molar-refractivity contribution < 1.29 is 9.90 Å². The molecule has 0 spiro atoms. The Bertz CT molecular complexity index is 564. The number of aliphatic hydroxyl groups excluding tert-OH is 1. The monoisotopic (exact) mass is 326 g/mol. The van der Waals surface area contributed by atoms with E-state index >= 15 is 0 Å². The number of nitrogens with zero attached hydrogens (tertiary/aromatic N) is 1. The van der Waals surface area contributed by atoms with Crippen LogP contribution in [0, 0.1) is 19.8 Å². The molecule has 22 heavy (non-hydrogen) atoms. The Hall–Kier alpha value is -1.14. The van der Waals surface area contributed by atoms with Gasteiger partial charge < -0.3 is 15.0 Å². The van der Waals surface area contributed by atoms with E-state index in [1.807, 2.05) is 13.8 Å². The predicted octanol–water partition coefficient (Wildman–Crippen LogP) is 1.97. The molecule has 1 saturated carbocycles. The SMILES string of the molecule is Cc1sc(=O)n(CCC(=O)NC2CCCCCC2CO)c1C. The molecule has 2 rings (SSSR count). The minimum absolute atomic E-state index is 0.00509. The van der Waals surface area contributed by atoms with Crippen molar-refractivity contribution >= 4 is 17.2 Å². The zero-order chi connectivity index (χ0) is 16.1. The van der Waals surface area contributed by atoms with E-state index in [-0.39, 0.29) is 29.3 Å². The molecule has 2 atom stereocenters. The molecular weight excluding hydrogens is 300 g/mol. The zero-order valence-corrected chi connectivity index (χ0v) is 14.2. The van der Waals surface area contributed by atoms with Crippen LogP contribution in [-0.2, 0) is 11.3 Å². The van der Waals surface area contributed by atoms with Gasteiger partial charge in [0.25, 0.3) is 0 Å². The Balaban J connectivity index is 1.90. The van der Waals surface area contributed by atoms with Gasteiger partial charge in [-0.2, -0.15) is 0 Å². The third kappa shape index (κ3) is 4.20. The number of carbonyl (C=O) groups is 1. The minimum atomic E-state index is -0.0273. The summed E-state index contributed by atoms with van der Waals surface area (Å²) in [6.45, 7) is 4.40. The number of hydrogen-bond acceptors (Lipinski definition) is 4. The van der Waals surface area contributed by atoms with Crippen LogP contribution in [0.15, 0.2) is 4.79 Å². The van der Waals surface area contributed by atoms with Gasteiger partial charge in [-0.05, 0) is 26.7 Å². The van der Waals surface area contributed by atoms with E-state index in [4.69, 9.17) is 0 Å². The molecule has 0 saturated heterocycles. The van der Waals surface area contributed by atoms with Crippen LogP contribution < -0.4 is 10.2 Å². The Morgan fingerprint density at radius 3 is 2.68 bits per heavy atom. The van der Waals surface area contributed by atoms with Gasteiger partial charge in [-0.25, -0.2) is 0 Å². The number of carbonyl (C=O) groups excluding carboxylic acids is 1. The lowest BCUT2D eigenvalue weighted by atomic mass is 9.95. The number of thiazole rings is 1. The molecule has 5 nitrogen and oxygen atoms in total. The van der Waals surface area contributed by atoms with Crippen molar-refractivity contribution in [2.45, 2.75) is 65.0 Å². The fourth-order valence-corrected chi connectivity index (χ4v) is 3.99. The molecule has 124 valence electrons. The first-order valence-electron chi connectivity index (χ1n) is 8.10. The topological polar surface area (TPSA) is 71.3 Å². The summed E-state index contributed by atoms with van der Waals surface area (Å²) in [5, 5.41) is 12.6. The molecule has 0 radical (unpaired) electrons. The minimum Gasteiger partial charge on any atom is -0.396 e. The van der Waals surface area contributed by atoms with Crippen molar-refractivity contribution in [1.82, 2.24) is 9.88 Å². The summed E-state index contributed by atoms with van der Waals surface area (Å²) in [7, 11) is 0. The highest BCUT2D eigenvalue weighted by atomic mass is 32.1. The first kappa shape index (κ1) is 17.2. The highest BCUT2D eigenvalue weighted by Gasteiger charge is 2.24. The van der Waals surface area contributed by atoms with Gasteiger partial charge in [0.2, 0.25) is 5.91 Å². The lowest BCUT2D eigenvalue weighted by Gasteiger charge is -2.24. The number of aliphatic hydroxyl groups is 1.